The Bertz CT molecular complexity index is 974. The van der Waals surface area contributed by atoms with E-state index < -0.39 is 0 Å². The van der Waals surface area contributed by atoms with E-state index in [0.717, 1.165) is 37.4 Å². The first-order valence-electron chi connectivity index (χ1n) is 10.1. The molecule has 1 aliphatic rings. The normalized spacial score (nSPS) is 16.0. The summed E-state index contributed by atoms with van der Waals surface area (Å²) in [6.07, 6.45) is 0. The molecular formula is C24H27N3O2. The maximum Gasteiger partial charge on any atom is 0.234 e. The number of piperazine rings is 1. The summed E-state index contributed by atoms with van der Waals surface area (Å²) in [7, 11) is 0. The summed E-state index contributed by atoms with van der Waals surface area (Å²) >= 11 is 0. The van der Waals surface area contributed by atoms with Gasteiger partial charge >= 0.3 is 0 Å². The lowest BCUT2D eigenvalue weighted by Gasteiger charge is -2.35. The van der Waals surface area contributed by atoms with Crippen molar-refractivity contribution in [2.24, 2.45) is 0 Å². The Hall–Kier alpha value is -3.05. The molecule has 1 amide bonds. The van der Waals surface area contributed by atoms with E-state index in [2.05, 4.69) is 39.4 Å². The number of carbonyl (C=O) groups is 1. The highest BCUT2D eigenvalue weighted by Crippen LogP contribution is 2.24. The minimum absolute atomic E-state index is 0.0353. The molecule has 1 atom stereocenters. The van der Waals surface area contributed by atoms with Gasteiger partial charge in [0, 0.05) is 31.9 Å². The summed E-state index contributed by atoms with van der Waals surface area (Å²) in [5.41, 5.74) is 2.25. The molecule has 1 fully saturated rings. The number of carbonyl (C=O) groups excluding carboxylic acids is 1. The fraction of sp³-hybridized carbons (Fsp3) is 0.292. The van der Waals surface area contributed by atoms with Crippen LogP contribution in [0.4, 0.5) is 5.69 Å². The number of hydrogen-bond donors (Lipinski definition) is 2. The number of phenols is 1. The number of aromatic hydroxyl groups is 1. The minimum Gasteiger partial charge on any atom is -0.508 e. The van der Waals surface area contributed by atoms with E-state index in [4.69, 9.17) is 0 Å². The summed E-state index contributed by atoms with van der Waals surface area (Å²) in [4.78, 5) is 17.1. The molecule has 1 unspecified atom stereocenters. The van der Waals surface area contributed by atoms with Crippen molar-refractivity contribution in [1.82, 2.24) is 10.2 Å². The van der Waals surface area contributed by atoms with Crippen LogP contribution < -0.4 is 10.2 Å². The fourth-order valence-corrected chi connectivity index (χ4v) is 4.02. The molecule has 0 radical (unpaired) electrons. The molecule has 0 aromatic heterocycles. The number of hydrogen-bond acceptors (Lipinski definition) is 4. The third-order valence-corrected chi connectivity index (χ3v) is 5.62. The number of nitrogens with zero attached hydrogens (tertiary/aromatic N) is 2. The maximum atomic E-state index is 12.6. The van der Waals surface area contributed by atoms with E-state index in [9.17, 15) is 9.90 Å². The van der Waals surface area contributed by atoms with Crippen LogP contribution in [0.1, 0.15) is 18.5 Å². The molecule has 0 spiro atoms. The summed E-state index contributed by atoms with van der Waals surface area (Å²) in [6.45, 7) is 5.89. The second kappa shape index (κ2) is 8.53. The summed E-state index contributed by atoms with van der Waals surface area (Å²) in [5.74, 6) is 0.341. The number of fused-ring (bicyclic) bond motifs is 1. The minimum atomic E-state index is -0.0353. The Morgan fingerprint density at radius 1 is 0.966 bits per heavy atom. The predicted molar refractivity (Wildman–Crippen MR) is 117 cm³/mol. The zero-order chi connectivity index (χ0) is 20.2. The standard InChI is InChI=1S/C24H27N3O2/c1-18(22-8-4-6-19-5-2-3-7-23(19)22)25-24(29)17-26-13-15-27(16-14-26)20-9-11-21(28)12-10-20/h2-12,18,28H,13-17H2,1H3,(H,25,29). The van der Waals surface area contributed by atoms with Gasteiger partial charge in [-0.05, 0) is 47.5 Å². The van der Waals surface area contributed by atoms with Crippen molar-refractivity contribution in [3.8, 4) is 5.75 Å². The lowest BCUT2D eigenvalue weighted by molar-refractivity contribution is -0.123. The second-order valence-corrected chi connectivity index (χ2v) is 7.64. The van der Waals surface area contributed by atoms with Crippen LogP contribution in [0.15, 0.2) is 66.7 Å². The molecule has 3 aromatic rings. The van der Waals surface area contributed by atoms with E-state index in [1.54, 1.807) is 12.1 Å². The summed E-state index contributed by atoms with van der Waals surface area (Å²) < 4.78 is 0. The highest BCUT2D eigenvalue weighted by Gasteiger charge is 2.20. The van der Waals surface area contributed by atoms with Crippen molar-refractivity contribution >= 4 is 22.4 Å². The van der Waals surface area contributed by atoms with Crippen LogP contribution in [0.3, 0.4) is 0 Å². The molecule has 0 bridgehead atoms. The van der Waals surface area contributed by atoms with E-state index in [1.807, 2.05) is 37.3 Å². The summed E-state index contributed by atoms with van der Waals surface area (Å²) in [5, 5.41) is 15.0. The molecule has 0 saturated carbocycles. The number of phenolic OH excluding ortho intramolecular Hbond substituents is 1. The lowest BCUT2D eigenvalue weighted by atomic mass is 10.00. The number of benzene rings is 3. The third kappa shape index (κ3) is 4.51. The van der Waals surface area contributed by atoms with Gasteiger partial charge in [0.25, 0.3) is 0 Å². The van der Waals surface area contributed by atoms with E-state index >= 15 is 0 Å². The average Bonchev–Trinajstić information content (AvgIpc) is 2.74. The molecule has 1 aliphatic heterocycles. The van der Waals surface area contributed by atoms with Crippen LogP contribution in [-0.4, -0.2) is 48.6 Å². The molecule has 2 N–H and O–H groups in total. The van der Waals surface area contributed by atoms with Crippen molar-refractivity contribution < 1.29 is 9.90 Å². The van der Waals surface area contributed by atoms with Crippen LogP contribution in [-0.2, 0) is 4.79 Å². The van der Waals surface area contributed by atoms with Gasteiger partial charge in [-0.15, -0.1) is 0 Å². The highest BCUT2D eigenvalue weighted by atomic mass is 16.3. The van der Waals surface area contributed by atoms with Crippen LogP contribution in [0.2, 0.25) is 0 Å². The zero-order valence-electron chi connectivity index (χ0n) is 16.7. The molecule has 5 heteroatoms. The topological polar surface area (TPSA) is 55.8 Å². The van der Waals surface area contributed by atoms with Crippen molar-refractivity contribution in [3.63, 3.8) is 0 Å². The molecular weight excluding hydrogens is 362 g/mol. The Kier molecular flexibility index (Phi) is 5.67. The van der Waals surface area contributed by atoms with Crippen molar-refractivity contribution in [1.29, 1.82) is 0 Å². The van der Waals surface area contributed by atoms with Crippen LogP contribution in [0.25, 0.3) is 10.8 Å². The Morgan fingerprint density at radius 2 is 1.66 bits per heavy atom. The van der Waals surface area contributed by atoms with Gasteiger partial charge in [-0.2, -0.15) is 0 Å². The lowest BCUT2D eigenvalue weighted by Crippen LogP contribution is -2.49. The number of rotatable bonds is 5. The van der Waals surface area contributed by atoms with Crippen molar-refractivity contribution in [2.45, 2.75) is 13.0 Å². The molecule has 5 nitrogen and oxygen atoms in total. The molecule has 1 heterocycles. The van der Waals surface area contributed by atoms with Gasteiger partial charge < -0.3 is 15.3 Å². The average molecular weight is 389 g/mol. The van der Waals surface area contributed by atoms with Crippen molar-refractivity contribution in [3.05, 3.63) is 72.3 Å². The Labute approximate surface area is 171 Å². The maximum absolute atomic E-state index is 12.6. The third-order valence-electron chi connectivity index (χ3n) is 5.62. The Morgan fingerprint density at radius 3 is 2.41 bits per heavy atom. The molecule has 29 heavy (non-hydrogen) atoms. The van der Waals surface area contributed by atoms with E-state index in [-0.39, 0.29) is 17.7 Å². The van der Waals surface area contributed by atoms with E-state index in [1.165, 1.54) is 10.8 Å². The second-order valence-electron chi connectivity index (χ2n) is 7.64. The van der Waals surface area contributed by atoms with Gasteiger partial charge in [-0.25, -0.2) is 0 Å². The van der Waals surface area contributed by atoms with E-state index in [0.29, 0.717) is 6.54 Å². The Balaban J connectivity index is 1.31. The molecule has 4 rings (SSSR count). The van der Waals surface area contributed by atoms with Crippen LogP contribution in [0.5, 0.6) is 5.75 Å². The fourth-order valence-electron chi connectivity index (χ4n) is 4.02. The molecule has 0 aliphatic carbocycles. The monoisotopic (exact) mass is 389 g/mol. The zero-order valence-corrected chi connectivity index (χ0v) is 16.7. The molecule has 150 valence electrons. The SMILES string of the molecule is CC(NC(=O)CN1CCN(c2ccc(O)cc2)CC1)c1cccc2ccccc12. The largest absolute Gasteiger partial charge is 0.508 e. The summed E-state index contributed by atoms with van der Waals surface area (Å²) in [6, 6.07) is 21.8. The van der Waals surface area contributed by atoms with Crippen LogP contribution >= 0.6 is 0 Å². The van der Waals surface area contributed by atoms with Gasteiger partial charge in [0.15, 0.2) is 0 Å². The first kappa shape index (κ1) is 19.3. The van der Waals surface area contributed by atoms with Gasteiger partial charge in [0.1, 0.15) is 5.75 Å². The van der Waals surface area contributed by atoms with Gasteiger partial charge in [-0.3, -0.25) is 9.69 Å². The van der Waals surface area contributed by atoms with Gasteiger partial charge in [0.05, 0.1) is 12.6 Å². The first-order valence-corrected chi connectivity index (χ1v) is 10.1. The number of nitrogens with one attached hydrogen (secondary N) is 1. The first-order chi connectivity index (χ1) is 14.1. The van der Waals surface area contributed by atoms with Crippen LogP contribution in [0, 0.1) is 0 Å². The van der Waals surface area contributed by atoms with Gasteiger partial charge in [-0.1, -0.05) is 42.5 Å². The predicted octanol–water partition coefficient (Wildman–Crippen LogP) is 3.54. The highest BCUT2D eigenvalue weighted by molar-refractivity contribution is 5.87. The number of anilines is 1. The quantitative estimate of drug-likeness (QED) is 0.701. The van der Waals surface area contributed by atoms with Crippen molar-refractivity contribution in [2.75, 3.05) is 37.6 Å². The molecule has 1 saturated heterocycles. The molecule has 3 aromatic carbocycles. The number of amides is 1. The van der Waals surface area contributed by atoms with Gasteiger partial charge in [0.2, 0.25) is 5.91 Å². The smallest absolute Gasteiger partial charge is 0.234 e.